The normalized spacial score (nSPS) is 11.7. The Balaban J connectivity index is 1.60. The highest BCUT2D eigenvalue weighted by molar-refractivity contribution is 5.84. The number of carbonyl (C=O) groups is 2. The van der Waals surface area contributed by atoms with Gasteiger partial charge >= 0.3 is 5.97 Å². The van der Waals surface area contributed by atoms with Crippen LogP contribution in [0.1, 0.15) is 37.3 Å². The predicted octanol–water partition coefficient (Wildman–Crippen LogP) is 4.75. The summed E-state index contributed by atoms with van der Waals surface area (Å²) < 4.78 is 0. The number of carboxylic acid groups (broad SMARTS) is 1. The Morgan fingerprint density at radius 3 is 2.25 bits per heavy atom. The molecule has 0 saturated heterocycles. The molecule has 0 bridgehead atoms. The van der Waals surface area contributed by atoms with Crippen LogP contribution in [-0.2, 0) is 22.6 Å². The van der Waals surface area contributed by atoms with Crippen LogP contribution in [0.5, 0.6) is 0 Å². The number of rotatable bonds is 11. The van der Waals surface area contributed by atoms with E-state index in [1.54, 1.807) is 0 Å². The van der Waals surface area contributed by atoms with Gasteiger partial charge in [-0.3, -0.25) is 4.79 Å². The van der Waals surface area contributed by atoms with Crippen molar-refractivity contribution in [3.63, 3.8) is 0 Å². The van der Waals surface area contributed by atoms with Crippen LogP contribution in [0.25, 0.3) is 22.5 Å². The van der Waals surface area contributed by atoms with Crippen molar-refractivity contribution in [2.24, 2.45) is 0 Å². The number of H-pyrrole nitrogens is 1. The zero-order valence-electron chi connectivity index (χ0n) is 20.2. The lowest BCUT2D eigenvalue weighted by atomic mass is 9.98. The Morgan fingerprint density at radius 2 is 1.61 bits per heavy atom. The molecular formula is C28H29N5O3. The van der Waals surface area contributed by atoms with Crippen LogP contribution in [0.2, 0.25) is 0 Å². The second kappa shape index (κ2) is 11.9. The van der Waals surface area contributed by atoms with E-state index in [-0.39, 0.29) is 18.9 Å². The van der Waals surface area contributed by atoms with E-state index in [0.29, 0.717) is 12.2 Å². The molecule has 184 valence electrons. The molecule has 0 aliphatic heterocycles. The summed E-state index contributed by atoms with van der Waals surface area (Å²) in [6.07, 6.45) is 2.17. The first-order chi connectivity index (χ1) is 17.6. The first kappa shape index (κ1) is 24.8. The molecule has 1 amide bonds. The van der Waals surface area contributed by atoms with Gasteiger partial charge < -0.3 is 10.0 Å². The molecule has 4 aromatic rings. The van der Waals surface area contributed by atoms with Crippen molar-refractivity contribution in [2.45, 2.75) is 45.2 Å². The molecule has 4 rings (SSSR count). The Hall–Kier alpha value is -4.33. The van der Waals surface area contributed by atoms with Crippen molar-refractivity contribution in [1.29, 1.82) is 0 Å². The van der Waals surface area contributed by atoms with E-state index in [4.69, 9.17) is 0 Å². The van der Waals surface area contributed by atoms with Gasteiger partial charge in [0, 0.05) is 24.9 Å². The van der Waals surface area contributed by atoms with E-state index in [2.05, 4.69) is 20.6 Å². The highest BCUT2D eigenvalue weighted by Crippen LogP contribution is 2.30. The summed E-state index contributed by atoms with van der Waals surface area (Å²) in [5, 5.41) is 24.4. The molecule has 8 nitrogen and oxygen atoms in total. The topological polar surface area (TPSA) is 112 Å². The fraction of sp³-hybridized carbons (Fsp3) is 0.250. The van der Waals surface area contributed by atoms with Crippen LogP contribution < -0.4 is 0 Å². The van der Waals surface area contributed by atoms with Gasteiger partial charge in [0.25, 0.3) is 0 Å². The summed E-state index contributed by atoms with van der Waals surface area (Å²) in [6, 6.07) is 24.1. The average Bonchev–Trinajstić information content (AvgIpc) is 3.45. The summed E-state index contributed by atoms with van der Waals surface area (Å²) in [5.74, 6) is -0.645. The number of benzene rings is 3. The number of amides is 1. The minimum absolute atomic E-state index is 0.147. The lowest BCUT2D eigenvalue weighted by molar-refractivity contribution is -0.150. The summed E-state index contributed by atoms with van der Waals surface area (Å²) in [6.45, 7) is 2.24. The molecule has 0 radical (unpaired) electrons. The molecule has 0 unspecified atom stereocenters. The highest BCUT2D eigenvalue weighted by Gasteiger charge is 2.29. The maximum atomic E-state index is 13.1. The van der Waals surface area contributed by atoms with E-state index in [1.807, 2.05) is 85.8 Å². The predicted molar refractivity (Wildman–Crippen MR) is 137 cm³/mol. The number of nitrogens with one attached hydrogen (secondary N) is 1. The van der Waals surface area contributed by atoms with Gasteiger partial charge in [0.15, 0.2) is 0 Å². The minimum atomic E-state index is -1.01. The monoisotopic (exact) mass is 483 g/mol. The summed E-state index contributed by atoms with van der Waals surface area (Å²) in [4.78, 5) is 26.9. The quantitative estimate of drug-likeness (QED) is 0.318. The molecule has 0 aliphatic rings. The number of unbranched alkanes of at least 4 members (excludes halogenated alkanes) is 1. The number of aromatic amines is 1. The van der Waals surface area contributed by atoms with E-state index >= 15 is 0 Å². The lowest BCUT2D eigenvalue weighted by Gasteiger charge is -2.29. The number of hydrogen-bond donors (Lipinski definition) is 2. The molecule has 0 spiro atoms. The van der Waals surface area contributed by atoms with E-state index < -0.39 is 12.0 Å². The van der Waals surface area contributed by atoms with Gasteiger partial charge in [0.2, 0.25) is 11.7 Å². The summed E-state index contributed by atoms with van der Waals surface area (Å²) >= 11 is 0. The summed E-state index contributed by atoms with van der Waals surface area (Å²) in [7, 11) is 0. The number of aromatic nitrogens is 4. The van der Waals surface area contributed by atoms with Crippen LogP contribution in [0.3, 0.4) is 0 Å². The zero-order chi connectivity index (χ0) is 25.3. The fourth-order valence-electron chi connectivity index (χ4n) is 4.20. The molecule has 1 heterocycles. The van der Waals surface area contributed by atoms with Crippen LogP contribution in [0.15, 0.2) is 78.9 Å². The van der Waals surface area contributed by atoms with E-state index in [0.717, 1.165) is 40.7 Å². The Kier molecular flexibility index (Phi) is 8.18. The minimum Gasteiger partial charge on any atom is -0.480 e. The van der Waals surface area contributed by atoms with Gasteiger partial charge in [-0.25, -0.2) is 4.79 Å². The largest absolute Gasteiger partial charge is 0.480 e. The lowest BCUT2D eigenvalue weighted by Crippen LogP contribution is -2.46. The first-order valence-electron chi connectivity index (χ1n) is 12.0. The van der Waals surface area contributed by atoms with Crippen molar-refractivity contribution in [3.8, 4) is 22.5 Å². The van der Waals surface area contributed by atoms with Gasteiger partial charge in [-0.1, -0.05) is 92.2 Å². The van der Waals surface area contributed by atoms with Crippen LogP contribution in [0, 0.1) is 0 Å². The Morgan fingerprint density at radius 1 is 0.917 bits per heavy atom. The zero-order valence-corrected chi connectivity index (χ0v) is 20.2. The number of nitrogens with zero attached hydrogens (tertiary/aromatic N) is 4. The van der Waals surface area contributed by atoms with E-state index in [1.165, 1.54) is 4.90 Å². The molecular weight excluding hydrogens is 454 g/mol. The van der Waals surface area contributed by atoms with E-state index in [9.17, 15) is 14.7 Å². The van der Waals surface area contributed by atoms with Crippen LogP contribution in [0.4, 0.5) is 0 Å². The SMILES string of the molecule is CCCCC(=O)N(Cc1ccc(-c2ccccc2-c2nn[nH]n2)cc1)[C@@H](Cc1ccccc1)C(=O)O. The molecule has 36 heavy (non-hydrogen) atoms. The first-order valence-corrected chi connectivity index (χ1v) is 12.0. The third kappa shape index (κ3) is 6.02. The van der Waals surface area contributed by atoms with Crippen molar-refractivity contribution in [3.05, 3.63) is 90.0 Å². The average molecular weight is 484 g/mol. The molecule has 3 aromatic carbocycles. The smallest absolute Gasteiger partial charge is 0.326 e. The summed E-state index contributed by atoms with van der Waals surface area (Å²) in [5.41, 5.74) is 4.51. The maximum absolute atomic E-state index is 13.1. The van der Waals surface area contributed by atoms with Crippen LogP contribution >= 0.6 is 0 Å². The van der Waals surface area contributed by atoms with Crippen molar-refractivity contribution < 1.29 is 14.7 Å². The highest BCUT2D eigenvalue weighted by atomic mass is 16.4. The Bertz CT molecular complexity index is 1270. The number of tetrazole rings is 1. The Labute approximate surface area is 210 Å². The third-order valence-electron chi connectivity index (χ3n) is 6.13. The second-order valence-electron chi connectivity index (χ2n) is 8.65. The van der Waals surface area contributed by atoms with Crippen molar-refractivity contribution in [2.75, 3.05) is 0 Å². The third-order valence-corrected chi connectivity index (χ3v) is 6.13. The maximum Gasteiger partial charge on any atom is 0.326 e. The van der Waals surface area contributed by atoms with Gasteiger partial charge in [-0.2, -0.15) is 5.21 Å². The number of carboxylic acids is 1. The second-order valence-corrected chi connectivity index (χ2v) is 8.65. The van der Waals surface area contributed by atoms with Gasteiger partial charge in [0.05, 0.1) is 0 Å². The number of hydrogen-bond acceptors (Lipinski definition) is 5. The van der Waals surface area contributed by atoms with Gasteiger partial charge in [0.1, 0.15) is 6.04 Å². The van der Waals surface area contributed by atoms with Gasteiger partial charge in [-0.05, 0) is 33.9 Å². The molecule has 0 fully saturated rings. The molecule has 0 aliphatic carbocycles. The molecule has 1 atom stereocenters. The number of aliphatic carboxylic acids is 1. The van der Waals surface area contributed by atoms with Crippen molar-refractivity contribution in [1.82, 2.24) is 25.5 Å². The van der Waals surface area contributed by atoms with Gasteiger partial charge in [-0.15, -0.1) is 10.2 Å². The molecule has 8 heteroatoms. The standard InChI is InChI=1S/C28H29N5O3/c1-2-3-13-26(34)33(25(28(35)36)18-20-9-5-4-6-10-20)19-21-14-16-22(17-15-21)23-11-7-8-12-24(23)27-29-31-32-30-27/h4-12,14-17,25H,2-3,13,18-19H2,1H3,(H,35,36)(H,29,30,31,32)/t25-/m0/s1. The van der Waals surface area contributed by atoms with Crippen LogP contribution in [-0.4, -0.2) is 48.5 Å². The fourth-order valence-corrected chi connectivity index (χ4v) is 4.20. The molecule has 0 saturated carbocycles. The number of carbonyl (C=O) groups excluding carboxylic acids is 1. The molecule has 1 aromatic heterocycles. The molecule has 2 N–H and O–H groups in total. The van der Waals surface area contributed by atoms with Crippen molar-refractivity contribution >= 4 is 11.9 Å².